The van der Waals surface area contributed by atoms with Crippen LogP contribution in [0.3, 0.4) is 0 Å². The van der Waals surface area contributed by atoms with E-state index in [9.17, 15) is 4.79 Å². The summed E-state index contributed by atoms with van der Waals surface area (Å²) in [5.41, 5.74) is 2.83. The number of hydrogen-bond acceptors (Lipinski definition) is 5. The van der Waals surface area contributed by atoms with Crippen LogP contribution >= 0.6 is 0 Å². The zero-order valence-corrected chi connectivity index (χ0v) is 14.1. The van der Waals surface area contributed by atoms with Crippen LogP contribution in [0.4, 0.5) is 4.79 Å². The molecule has 0 saturated heterocycles. The number of nitrogens with one attached hydrogen (secondary N) is 1. The van der Waals surface area contributed by atoms with Gasteiger partial charge in [0.25, 0.3) is 5.89 Å². The molecule has 0 radical (unpaired) electrons. The molecule has 0 unspecified atom stereocenters. The molecule has 0 atom stereocenters. The Morgan fingerprint density at radius 1 is 1.33 bits per heavy atom. The van der Waals surface area contributed by atoms with Gasteiger partial charge < -0.3 is 14.7 Å². The van der Waals surface area contributed by atoms with Crippen molar-refractivity contribution in [2.45, 2.75) is 51.6 Å². The minimum absolute atomic E-state index is 0.0177. The second kappa shape index (κ2) is 5.92. The van der Waals surface area contributed by atoms with Gasteiger partial charge in [0.2, 0.25) is 0 Å². The first-order valence-corrected chi connectivity index (χ1v) is 8.52. The molecule has 4 rings (SSSR count). The number of urea groups is 1. The lowest BCUT2D eigenvalue weighted by molar-refractivity contribution is 0.188. The molecule has 1 aliphatic carbocycles. The van der Waals surface area contributed by atoms with E-state index < -0.39 is 0 Å². The van der Waals surface area contributed by atoms with Crippen molar-refractivity contribution in [2.75, 3.05) is 6.54 Å². The summed E-state index contributed by atoms with van der Waals surface area (Å²) in [6.45, 7) is 3.01. The monoisotopic (exact) mass is 330 g/mol. The average Bonchev–Trinajstić information content (AvgIpc) is 3.29. The molecule has 0 spiro atoms. The molecule has 1 N–H and O–H groups in total. The van der Waals surface area contributed by atoms with E-state index in [0.717, 1.165) is 30.5 Å². The number of amides is 2. The van der Waals surface area contributed by atoms with Crippen molar-refractivity contribution in [3.63, 3.8) is 0 Å². The lowest BCUT2D eigenvalue weighted by atomic mass is 10.1. The number of nitrogens with zero attached hydrogens (tertiary/aromatic N) is 5. The van der Waals surface area contributed by atoms with E-state index >= 15 is 0 Å². The predicted octanol–water partition coefficient (Wildman–Crippen LogP) is 1.79. The van der Waals surface area contributed by atoms with Crippen LogP contribution in [0.25, 0.3) is 11.6 Å². The van der Waals surface area contributed by atoms with Gasteiger partial charge in [-0.2, -0.15) is 10.1 Å². The molecule has 2 aromatic rings. The molecule has 2 amide bonds. The summed E-state index contributed by atoms with van der Waals surface area (Å²) in [6, 6.07) is 0.343. The largest absolute Gasteiger partial charge is 0.335 e. The zero-order chi connectivity index (χ0) is 16.7. The van der Waals surface area contributed by atoms with Crippen LogP contribution in [0.1, 0.15) is 42.8 Å². The van der Waals surface area contributed by atoms with E-state index in [1.807, 2.05) is 16.6 Å². The van der Waals surface area contributed by atoms with E-state index in [-0.39, 0.29) is 6.03 Å². The van der Waals surface area contributed by atoms with Gasteiger partial charge in [0.15, 0.2) is 11.5 Å². The summed E-state index contributed by atoms with van der Waals surface area (Å²) in [6.07, 6.45) is 5.37. The van der Waals surface area contributed by atoms with Crippen molar-refractivity contribution < 1.29 is 9.32 Å². The van der Waals surface area contributed by atoms with Gasteiger partial charge in [-0.15, -0.1) is 0 Å². The fourth-order valence-electron chi connectivity index (χ4n) is 3.67. The minimum Gasteiger partial charge on any atom is -0.335 e. The van der Waals surface area contributed by atoms with Crippen molar-refractivity contribution in [3.8, 4) is 11.6 Å². The highest BCUT2D eigenvalue weighted by Gasteiger charge is 2.30. The third-order valence-electron chi connectivity index (χ3n) is 4.94. The minimum atomic E-state index is 0.0177. The fraction of sp³-hybridized carbons (Fsp3) is 0.625. The van der Waals surface area contributed by atoms with Crippen LogP contribution in [0.5, 0.6) is 0 Å². The molecule has 8 heteroatoms. The molecule has 0 aromatic carbocycles. The molecular formula is C16H22N6O2. The summed E-state index contributed by atoms with van der Waals surface area (Å²) in [4.78, 5) is 18.7. The van der Waals surface area contributed by atoms with Crippen molar-refractivity contribution in [1.82, 2.24) is 30.1 Å². The molecule has 1 fully saturated rings. The molecule has 24 heavy (non-hydrogen) atoms. The van der Waals surface area contributed by atoms with Gasteiger partial charge >= 0.3 is 6.03 Å². The Hall–Kier alpha value is -2.38. The maximum absolute atomic E-state index is 12.6. The second-order valence-corrected chi connectivity index (χ2v) is 6.65. The van der Waals surface area contributed by atoms with E-state index in [0.29, 0.717) is 36.5 Å². The third kappa shape index (κ3) is 2.65. The molecule has 3 heterocycles. The number of aryl methyl sites for hydroxylation is 2. The van der Waals surface area contributed by atoms with E-state index in [1.54, 1.807) is 6.92 Å². The maximum Gasteiger partial charge on any atom is 0.317 e. The highest BCUT2D eigenvalue weighted by atomic mass is 16.5. The van der Waals surface area contributed by atoms with Crippen LogP contribution in [0.15, 0.2) is 4.52 Å². The lowest BCUT2D eigenvalue weighted by Crippen LogP contribution is -2.46. The number of hydrogen-bond donors (Lipinski definition) is 1. The number of carbonyl (C=O) groups excluding carboxylic acids is 1. The van der Waals surface area contributed by atoms with E-state index in [4.69, 9.17) is 4.52 Å². The molecule has 128 valence electrons. The Morgan fingerprint density at radius 3 is 2.83 bits per heavy atom. The molecule has 2 aromatic heterocycles. The van der Waals surface area contributed by atoms with Crippen molar-refractivity contribution >= 4 is 6.03 Å². The first kappa shape index (κ1) is 15.2. The molecular weight excluding hydrogens is 308 g/mol. The summed E-state index contributed by atoms with van der Waals surface area (Å²) < 4.78 is 7.13. The van der Waals surface area contributed by atoms with Gasteiger partial charge in [0, 0.05) is 37.3 Å². The van der Waals surface area contributed by atoms with Gasteiger partial charge in [0.1, 0.15) is 0 Å². The summed E-state index contributed by atoms with van der Waals surface area (Å²) >= 11 is 0. The van der Waals surface area contributed by atoms with Gasteiger partial charge in [-0.3, -0.25) is 4.68 Å². The number of rotatable bonds is 2. The molecule has 8 nitrogen and oxygen atoms in total. The summed E-state index contributed by atoms with van der Waals surface area (Å²) in [5.74, 6) is 0.999. The van der Waals surface area contributed by atoms with E-state index in [2.05, 4.69) is 20.6 Å². The second-order valence-electron chi connectivity index (χ2n) is 6.65. The Kier molecular flexibility index (Phi) is 3.74. The topological polar surface area (TPSA) is 89.1 Å². The average molecular weight is 330 g/mol. The molecule has 1 aliphatic heterocycles. The standard InChI is InChI=1S/C16H22N6O2/c1-10-17-15(24-20-10)14-12-9-22(8-7-13(12)21(2)19-14)16(23)18-11-5-3-4-6-11/h11H,3-9H2,1-2H3,(H,18,23). The molecule has 2 aliphatic rings. The molecule has 0 bridgehead atoms. The van der Waals surface area contributed by atoms with Crippen LogP contribution in [-0.2, 0) is 20.0 Å². The normalized spacial score (nSPS) is 18.0. The Balaban J connectivity index is 1.56. The van der Waals surface area contributed by atoms with Crippen molar-refractivity contribution in [1.29, 1.82) is 0 Å². The summed E-state index contributed by atoms with van der Waals surface area (Å²) in [5, 5.41) is 11.5. The Bertz CT molecular complexity index is 759. The van der Waals surface area contributed by atoms with Gasteiger partial charge in [-0.05, 0) is 19.8 Å². The van der Waals surface area contributed by atoms with Crippen LogP contribution in [0.2, 0.25) is 0 Å². The van der Waals surface area contributed by atoms with Crippen LogP contribution < -0.4 is 5.32 Å². The highest BCUT2D eigenvalue weighted by molar-refractivity contribution is 5.75. The van der Waals surface area contributed by atoms with Crippen LogP contribution in [0, 0.1) is 6.92 Å². The SMILES string of the molecule is Cc1noc(-c2nn(C)c3c2CN(C(=O)NC2CCCC2)CC3)n1. The Labute approximate surface area is 140 Å². The fourth-order valence-corrected chi connectivity index (χ4v) is 3.67. The first-order chi connectivity index (χ1) is 11.6. The van der Waals surface area contributed by atoms with Crippen molar-refractivity contribution in [3.05, 3.63) is 17.1 Å². The van der Waals surface area contributed by atoms with E-state index in [1.165, 1.54) is 12.8 Å². The number of fused-ring (bicyclic) bond motifs is 1. The Morgan fingerprint density at radius 2 is 2.12 bits per heavy atom. The number of aromatic nitrogens is 4. The number of carbonyl (C=O) groups is 1. The first-order valence-electron chi connectivity index (χ1n) is 8.52. The smallest absolute Gasteiger partial charge is 0.317 e. The summed E-state index contributed by atoms with van der Waals surface area (Å²) in [7, 11) is 1.92. The maximum atomic E-state index is 12.6. The van der Waals surface area contributed by atoms with Gasteiger partial charge in [-0.25, -0.2) is 4.79 Å². The van der Waals surface area contributed by atoms with Gasteiger partial charge in [-0.1, -0.05) is 18.0 Å². The third-order valence-corrected chi connectivity index (χ3v) is 4.94. The van der Waals surface area contributed by atoms with Gasteiger partial charge in [0.05, 0.1) is 6.54 Å². The zero-order valence-electron chi connectivity index (χ0n) is 14.1. The quantitative estimate of drug-likeness (QED) is 0.907. The lowest BCUT2D eigenvalue weighted by Gasteiger charge is -2.29. The molecule has 1 saturated carbocycles. The van der Waals surface area contributed by atoms with Crippen LogP contribution in [-0.4, -0.2) is 43.4 Å². The predicted molar refractivity (Wildman–Crippen MR) is 86.1 cm³/mol. The van der Waals surface area contributed by atoms with Crippen molar-refractivity contribution in [2.24, 2.45) is 7.05 Å². The highest BCUT2D eigenvalue weighted by Crippen LogP contribution is 2.29.